The van der Waals surface area contributed by atoms with Crippen LogP contribution in [0.4, 0.5) is 5.69 Å². The van der Waals surface area contributed by atoms with Crippen LogP contribution in [0.1, 0.15) is 47.2 Å². The summed E-state index contributed by atoms with van der Waals surface area (Å²) in [5, 5.41) is 9.88. The average Bonchev–Trinajstić information content (AvgIpc) is 3.43. The summed E-state index contributed by atoms with van der Waals surface area (Å²) in [7, 11) is 0. The van der Waals surface area contributed by atoms with Crippen molar-refractivity contribution in [1.82, 2.24) is 24.8 Å². The lowest BCUT2D eigenvalue weighted by Gasteiger charge is -2.19. The van der Waals surface area contributed by atoms with Crippen molar-refractivity contribution >= 4 is 23.1 Å². The Morgan fingerprint density at radius 1 is 1.29 bits per heavy atom. The molecule has 156 valence electrons. The second kappa shape index (κ2) is 7.67. The number of aryl methyl sites for hydroxylation is 1. The zero-order valence-electron chi connectivity index (χ0n) is 16.8. The summed E-state index contributed by atoms with van der Waals surface area (Å²) in [5.41, 5.74) is 3.39. The average molecular weight is 416 g/mol. The minimum absolute atomic E-state index is 0.0104. The molecule has 2 amide bonds. The van der Waals surface area contributed by atoms with Gasteiger partial charge in [0.05, 0.1) is 6.20 Å². The summed E-state index contributed by atoms with van der Waals surface area (Å²) >= 11 is 0. The smallest absolute Gasteiger partial charge is 0.274 e. The van der Waals surface area contributed by atoms with Crippen molar-refractivity contribution in [3.63, 3.8) is 0 Å². The number of piperidine rings is 1. The molecule has 0 aliphatic carbocycles. The molecule has 4 aromatic rings. The van der Waals surface area contributed by atoms with Gasteiger partial charge in [-0.25, -0.2) is 4.98 Å². The highest BCUT2D eigenvalue weighted by atomic mass is 16.5. The fourth-order valence-electron chi connectivity index (χ4n) is 3.67. The molecule has 9 nitrogen and oxygen atoms in total. The molecule has 1 aliphatic rings. The van der Waals surface area contributed by atoms with Gasteiger partial charge in [-0.15, -0.1) is 0 Å². The summed E-state index contributed by atoms with van der Waals surface area (Å²) < 4.78 is 7.12. The third-order valence-corrected chi connectivity index (χ3v) is 5.37. The Labute approximate surface area is 177 Å². The minimum Gasteiger partial charge on any atom is -0.344 e. The predicted octanol–water partition coefficient (Wildman–Crippen LogP) is 3.29. The van der Waals surface area contributed by atoms with Crippen LogP contribution in [0.25, 0.3) is 17.0 Å². The monoisotopic (exact) mass is 416 g/mol. The van der Waals surface area contributed by atoms with Crippen LogP contribution in [-0.4, -0.2) is 31.3 Å². The van der Waals surface area contributed by atoms with E-state index in [1.807, 2.05) is 43.3 Å². The van der Waals surface area contributed by atoms with Gasteiger partial charge in [-0.05, 0) is 43.5 Å². The van der Waals surface area contributed by atoms with Gasteiger partial charge in [-0.2, -0.15) is 4.98 Å². The third kappa shape index (κ3) is 3.65. The number of hydrogen-bond acceptors (Lipinski definition) is 6. The molecule has 1 saturated heterocycles. The fourth-order valence-corrected chi connectivity index (χ4v) is 3.67. The first-order valence-electron chi connectivity index (χ1n) is 10.1. The first-order valence-corrected chi connectivity index (χ1v) is 10.1. The van der Waals surface area contributed by atoms with Crippen LogP contribution in [0.5, 0.6) is 0 Å². The van der Waals surface area contributed by atoms with E-state index in [-0.39, 0.29) is 17.9 Å². The highest BCUT2D eigenvalue weighted by Gasteiger charge is 2.25. The van der Waals surface area contributed by atoms with Crippen LogP contribution >= 0.6 is 0 Å². The highest BCUT2D eigenvalue weighted by Crippen LogP contribution is 2.27. The van der Waals surface area contributed by atoms with Crippen LogP contribution in [0.15, 0.2) is 53.3 Å². The van der Waals surface area contributed by atoms with E-state index in [9.17, 15) is 9.59 Å². The van der Waals surface area contributed by atoms with Gasteiger partial charge in [0, 0.05) is 23.9 Å². The molecule has 5 rings (SSSR count). The maximum Gasteiger partial charge on any atom is 0.274 e. The SMILES string of the molecule is Cc1ccc(-c2noc(C3CCCC(=O)N3)n2)cc1NC(=O)c1cnc2ccccn12. The highest BCUT2D eigenvalue weighted by molar-refractivity contribution is 6.04. The van der Waals surface area contributed by atoms with Crippen LogP contribution in [0, 0.1) is 6.92 Å². The largest absolute Gasteiger partial charge is 0.344 e. The summed E-state index contributed by atoms with van der Waals surface area (Å²) in [5.74, 6) is 0.515. The molecule has 0 saturated carbocycles. The van der Waals surface area contributed by atoms with Gasteiger partial charge >= 0.3 is 0 Å². The van der Waals surface area contributed by atoms with E-state index in [1.165, 1.54) is 0 Å². The molecule has 1 aromatic carbocycles. The van der Waals surface area contributed by atoms with Gasteiger partial charge in [0.15, 0.2) is 0 Å². The number of nitrogens with one attached hydrogen (secondary N) is 2. The van der Waals surface area contributed by atoms with E-state index in [0.29, 0.717) is 40.7 Å². The Balaban J connectivity index is 1.39. The molecule has 1 unspecified atom stereocenters. The first-order chi connectivity index (χ1) is 15.1. The molecule has 31 heavy (non-hydrogen) atoms. The Kier molecular flexibility index (Phi) is 4.70. The van der Waals surface area contributed by atoms with Crippen molar-refractivity contribution in [2.24, 2.45) is 0 Å². The van der Waals surface area contributed by atoms with Crippen molar-refractivity contribution in [1.29, 1.82) is 0 Å². The van der Waals surface area contributed by atoms with Crippen molar-refractivity contribution < 1.29 is 14.1 Å². The van der Waals surface area contributed by atoms with Crippen LogP contribution in [0.2, 0.25) is 0 Å². The number of carbonyl (C=O) groups is 2. The van der Waals surface area contributed by atoms with Crippen LogP contribution in [-0.2, 0) is 4.79 Å². The zero-order chi connectivity index (χ0) is 21.4. The summed E-state index contributed by atoms with van der Waals surface area (Å²) in [6, 6.07) is 10.9. The maximum absolute atomic E-state index is 12.9. The Bertz CT molecular complexity index is 1290. The summed E-state index contributed by atoms with van der Waals surface area (Å²) in [6.07, 6.45) is 5.42. The predicted molar refractivity (Wildman–Crippen MR) is 112 cm³/mol. The second-order valence-electron chi connectivity index (χ2n) is 7.52. The van der Waals surface area contributed by atoms with Crippen molar-refractivity contribution in [2.75, 3.05) is 5.32 Å². The topological polar surface area (TPSA) is 114 Å². The fraction of sp³-hybridized carbons (Fsp3) is 0.227. The number of anilines is 1. The number of pyridine rings is 1. The van der Waals surface area contributed by atoms with Crippen LogP contribution < -0.4 is 10.6 Å². The number of nitrogens with zero attached hydrogens (tertiary/aromatic N) is 4. The number of benzene rings is 1. The molecule has 9 heteroatoms. The number of hydrogen-bond donors (Lipinski definition) is 2. The lowest BCUT2D eigenvalue weighted by Crippen LogP contribution is -2.32. The molecular formula is C22H20N6O3. The van der Waals surface area contributed by atoms with Gasteiger partial charge < -0.3 is 15.2 Å². The molecule has 0 spiro atoms. The molecular weight excluding hydrogens is 396 g/mol. The van der Waals surface area contributed by atoms with Crippen molar-refractivity contribution in [3.05, 3.63) is 65.9 Å². The van der Waals surface area contributed by atoms with Gasteiger partial charge in [-0.1, -0.05) is 23.4 Å². The standard InChI is InChI=1S/C22H20N6O3/c1-13-8-9-14(20-26-22(31-27-20)15-5-4-7-19(29)24-15)11-16(13)25-21(30)17-12-23-18-6-2-3-10-28(17)18/h2-3,6,8-12,15H,4-5,7H2,1H3,(H,24,29)(H,25,30). The third-order valence-electron chi connectivity index (χ3n) is 5.37. The Morgan fingerprint density at radius 3 is 3.06 bits per heavy atom. The summed E-state index contributed by atoms with van der Waals surface area (Å²) in [6.45, 7) is 1.91. The van der Waals surface area contributed by atoms with Gasteiger partial charge in [0.25, 0.3) is 5.91 Å². The van der Waals surface area contributed by atoms with E-state index < -0.39 is 0 Å². The Hall–Kier alpha value is -4.01. The molecule has 4 heterocycles. The molecule has 1 fully saturated rings. The van der Waals surface area contributed by atoms with E-state index in [1.54, 1.807) is 16.8 Å². The molecule has 1 aliphatic heterocycles. The van der Waals surface area contributed by atoms with Crippen LogP contribution in [0.3, 0.4) is 0 Å². The van der Waals surface area contributed by atoms with E-state index in [4.69, 9.17) is 4.52 Å². The maximum atomic E-state index is 12.9. The molecule has 3 aromatic heterocycles. The van der Waals surface area contributed by atoms with Crippen molar-refractivity contribution in [3.8, 4) is 11.4 Å². The van der Waals surface area contributed by atoms with E-state index >= 15 is 0 Å². The first kappa shape index (κ1) is 19.0. The van der Waals surface area contributed by atoms with Gasteiger partial charge in [0.1, 0.15) is 17.4 Å². The number of fused-ring (bicyclic) bond motifs is 1. The lowest BCUT2D eigenvalue weighted by molar-refractivity contribution is -0.123. The number of rotatable bonds is 4. The van der Waals surface area contributed by atoms with Gasteiger partial charge in [0.2, 0.25) is 17.6 Å². The molecule has 0 bridgehead atoms. The zero-order valence-corrected chi connectivity index (χ0v) is 16.8. The number of carbonyl (C=O) groups excluding carboxylic acids is 2. The summed E-state index contributed by atoms with van der Waals surface area (Å²) in [4.78, 5) is 33.2. The van der Waals surface area contributed by atoms with Crippen molar-refractivity contribution in [2.45, 2.75) is 32.2 Å². The van der Waals surface area contributed by atoms with Gasteiger partial charge in [-0.3, -0.25) is 14.0 Å². The second-order valence-corrected chi connectivity index (χ2v) is 7.52. The number of aromatic nitrogens is 4. The molecule has 2 N–H and O–H groups in total. The van der Waals surface area contributed by atoms with E-state index in [0.717, 1.165) is 18.4 Å². The van der Waals surface area contributed by atoms with E-state index in [2.05, 4.69) is 25.8 Å². The Morgan fingerprint density at radius 2 is 2.19 bits per heavy atom. The molecule has 1 atom stereocenters. The normalized spacial score (nSPS) is 16.3. The number of amides is 2. The number of imidazole rings is 1. The molecule has 0 radical (unpaired) electrons. The minimum atomic E-state index is -0.266. The lowest BCUT2D eigenvalue weighted by atomic mass is 10.0. The quantitative estimate of drug-likeness (QED) is 0.528.